The first-order valence-electron chi connectivity index (χ1n) is 6.82. The van der Waals surface area contributed by atoms with E-state index in [2.05, 4.69) is 49.8 Å². The Kier molecular flexibility index (Phi) is 3.85. The van der Waals surface area contributed by atoms with Crippen molar-refractivity contribution in [3.05, 3.63) is 29.0 Å². The van der Waals surface area contributed by atoms with E-state index in [1.165, 1.54) is 27.7 Å². The zero-order valence-electron chi connectivity index (χ0n) is 12.8. The fourth-order valence-electron chi connectivity index (χ4n) is 2.97. The van der Waals surface area contributed by atoms with Gasteiger partial charge in [0.2, 0.25) is 0 Å². The lowest BCUT2D eigenvalue weighted by atomic mass is 9.96. The van der Waals surface area contributed by atoms with Crippen molar-refractivity contribution in [2.45, 2.75) is 33.2 Å². The van der Waals surface area contributed by atoms with Gasteiger partial charge in [0.05, 0.1) is 12.6 Å². The summed E-state index contributed by atoms with van der Waals surface area (Å²) in [6.45, 7) is 7.57. The number of nitrogens with one attached hydrogen (secondary N) is 1. The Morgan fingerprint density at radius 2 is 2.00 bits per heavy atom. The van der Waals surface area contributed by atoms with Crippen LogP contribution in [0.3, 0.4) is 0 Å². The highest BCUT2D eigenvalue weighted by molar-refractivity contribution is 5.93. The number of ether oxygens (including phenoxy) is 1. The van der Waals surface area contributed by atoms with Crippen LogP contribution in [0.2, 0.25) is 0 Å². The third-order valence-corrected chi connectivity index (χ3v) is 3.81. The summed E-state index contributed by atoms with van der Waals surface area (Å²) >= 11 is 0. The van der Waals surface area contributed by atoms with E-state index in [-0.39, 0.29) is 0 Å². The summed E-state index contributed by atoms with van der Waals surface area (Å²) in [6.07, 6.45) is 0. The Bertz CT molecular complexity index is 597. The monoisotopic (exact) mass is 260 g/mol. The highest BCUT2D eigenvalue weighted by Crippen LogP contribution is 2.38. The average Bonchev–Trinajstić information content (AvgIpc) is 2.66. The van der Waals surface area contributed by atoms with Crippen LogP contribution in [0.4, 0.5) is 0 Å². The fraction of sp³-hybridized carbons (Fsp3) is 0.500. The summed E-state index contributed by atoms with van der Waals surface area (Å²) in [6, 6.07) is 4.21. The molecule has 0 amide bonds. The highest BCUT2D eigenvalue weighted by Gasteiger charge is 2.21. The topological polar surface area (TPSA) is 26.2 Å². The maximum Gasteiger partial charge on any atom is 0.143 e. The molecule has 0 bridgehead atoms. The minimum Gasteiger partial charge on any atom is -0.495 e. The van der Waals surface area contributed by atoms with Gasteiger partial charge in [0.1, 0.15) is 5.75 Å². The molecule has 0 radical (unpaired) electrons. The molecule has 3 heteroatoms. The molecule has 0 atom stereocenters. The first-order valence-corrected chi connectivity index (χ1v) is 6.82. The van der Waals surface area contributed by atoms with E-state index in [9.17, 15) is 0 Å². The quantitative estimate of drug-likeness (QED) is 0.912. The minimum atomic E-state index is 0.498. The molecule has 1 N–H and O–H groups in total. The van der Waals surface area contributed by atoms with Gasteiger partial charge in [-0.15, -0.1) is 0 Å². The maximum atomic E-state index is 5.55. The molecule has 0 fully saturated rings. The lowest BCUT2D eigenvalue weighted by molar-refractivity contribution is 0.417. The molecule has 3 nitrogen and oxygen atoms in total. The second kappa shape index (κ2) is 5.25. The van der Waals surface area contributed by atoms with Gasteiger partial charge in [0, 0.05) is 24.7 Å². The number of aromatic nitrogens is 1. The van der Waals surface area contributed by atoms with Crippen molar-refractivity contribution in [2.24, 2.45) is 7.05 Å². The molecule has 104 valence electrons. The van der Waals surface area contributed by atoms with Gasteiger partial charge in [-0.25, -0.2) is 0 Å². The van der Waals surface area contributed by atoms with E-state index in [4.69, 9.17) is 4.74 Å². The molecular weight excluding hydrogens is 236 g/mol. The van der Waals surface area contributed by atoms with Crippen LogP contribution in [0.5, 0.6) is 5.75 Å². The Morgan fingerprint density at radius 1 is 1.32 bits per heavy atom. The lowest BCUT2D eigenvalue weighted by Crippen LogP contribution is -2.11. The summed E-state index contributed by atoms with van der Waals surface area (Å²) in [7, 11) is 5.86. The molecule has 2 rings (SSSR count). The number of aryl methyl sites for hydroxylation is 2. The van der Waals surface area contributed by atoms with Crippen LogP contribution < -0.4 is 10.1 Å². The molecule has 1 heterocycles. The summed E-state index contributed by atoms with van der Waals surface area (Å²) in [5.74, 6) is 1.45. The molecule has 0 unspecified atom stereocenters. The first-order chi connectivity index (χ1) is 9.02. The summed E-state index contributed by atoms with van der Waals surface area (Å²) in [5.41, 5.74) is 5.30. The Balaban J connectivity index is 2.91. The molecule has 0 saturated carbocycles. The Morgan fingerprint density at radius 3 is 2.53 bits per heavy atom. The smallest absolute Gasteiger partial charge is 0.143 e. The highest BCUT2D eigenvalue weighted by atomic mass is 16.5. The number of fused-ring (bicyclic) bond motifs is 1. The van der Waals surface area contributed by atoms with Crippen LogP contribution in [-0.4, -0.2) is 18.7 Å². The van der Waals surface area contributed by atoms with E-state index in [0.717, 1.165) is 12.3 Å². The number of nitrogens with zero attached hydrogens (tertiary/aromatic N) is 1. The van der Waals surface area contributed by atoms with Crippen molar-refractivity contribution in [3.63, 3.8) is 0 Å². The number of hydrogen-bond donors (Lipinski definition) is 1. The van der Waals surface area contributed by atoms with E-state index in [1.807, 2.05) is 7.05 Å². The summed E-state index contributed by atoms with van der Waals surface area (Å²) in [4.78, 5) is 0. The SMILES string of the molecule is CNCc1c(C(C)C)c2c(C)ccc(OC)c2n1C. The van der Waals surface area contributed by atoms with Crippen molar-refractivity contribution < 1.29 is 4.74 Å². The van der Waals surface area contributed by atoms with Gasteiger partial charge in [0.25, 0.3) is 0 Å². The molecule has 0 spiro atoms. The average molecular weight is 260 g/mol. The molecule has 0 aliphatic heterocycles. The van der Waals surface area contributed by atoms with Gasteiger partial charge in [-0.3, -0.25) is 0 Å². The van der Waals surface area contributed by atoms with Crippen molar-refractivity contribution in [2.75, 3.05) is 14.2 Å². The van der Waals surface area contributed by atoms with E-state index in [1.54, 1.807) is 7.11 Å². The fourth-order valence-corrected chi connectivity index (χ4v) is 2.97. The third kappa shape index (κ3) is 2.12. The molecule has 1 aromatic heterocycles. The predicted octanol–water partition coefficient (Wildman–Crippen LogP) is 3.34. The van der Waals surface area contributed by atoms with E-state index in [0.29, 0.717) is 5.92 Å². The van der Waals surface area contributed by atoms with E-state index >= 15 is 0 Å². The summed E-state index contributed by atoms with van der Waals surface area (Å²) in [5, 5.41) is 4.63. The lowest BCUT2D eigenvalue weighted by Gasteiger charge is -2.10. The van der Waals surface area contributed by atoms with Crippen LogP contribution in [-0.2, 0) is 13.6 Å². The molecule has 0 saturated heterocycles. The van der Waals surface area contributed by atoms with E-state index < -0.39 is 0 Å². The van der Waals surface area contributed by atoms with Crippen LogP contribution >= 0.6 is 0 Å². The molecule has 19 heavy (non-hydrogen) atoms. The number of hydrogen-bond acceptors (Lipinski definition) is 2. The van der Waals surface area contributed by atoms with Gasteiger partial charge in [-0.05, 0) is 37.1 Å². The number of benzene rings is 1. The van der Waals surface area contributed by atoms with Crippen LogP contribution in [0.15, 0.2) is 12.1 Å². The van der Waals surface area contributed by atoms with Gasteiger partial charge in [-0.1, -0.05) is 19.9 Å². The zero-order valence-corrected chi connectivity index (χ0v) is 12.8. The maximum absolute atomic E-state index is 5.55. The van der Waals surface area contributed by atoms with Crippen LogP contribution in [0.25, 0.3) is 10.9 Å². The molecule has 2 aromatic rings. The molecule has 0 aliphatic rings. The van der Waals surface area contributed by atoms with Crippen molar-refractivity contribution in [1.82, 2.24) is 9.88 Å². The van der Waals surface area contributed by atoms with Crippen molar-refractivity contribution >= 4 is 10.9 Å². The molecule has 0 aliphatic carbocycles. The summed E-state index contributed by atoms with van der Waals surface area (Å²) < 4.78 is 7.82. The van der Waals surface area contributed by atoms with Crippen molar-refractivity contribution in [1.29, 1.82) is 0 Å². The predicted molar refractivity (Wildman–Crippen MR) is 81.1 cm³/mol. The normalized spacial score (nSPS) is 11.5. The van der Waals surface area contributed by atoms with Crippen LogP contribution in [0, 0.1) is 6.92 Å². The molecular formula is C16H24N2O. The van der Waals surface area contributed by atoms with Gasteiger partial charge < -0.3 is 14.6 Å². The Hall–Kier alpha value is -1.48. The standard InChI is InChI=1S/C16H24N2O/c1-10(2)14-12(9-17-4)18(5)16-13(19-6)8-7-11(3)15(14)16/h7-8,10,17H,9H2,1-6H3. The second-order valence-corrected chi connectivity index (χ2v) is 5.41. The van der Waals surface area contributed by atoms with Gasteiger partial charge in [-0.2, -0.15) is 0 Å². The van der Waals surface area contributed by atoms with Crippen molar-refractivity contribution in [3.8, 4) is 5.75 Å². The molecule has 1 aromatic carbocycles. The largest absolute Gasteiger partial charge is 0.495 e. The van der Waals surface area contributed by atoms with Gasteiger partial charge >= 0.3 is 0 Å². The second-order valence-electron chi connectivity index (χ2n) is 5.41. The Labute approximate surface area is 115 Å². The first kappa shape index (κ1) is 13.9. The zero-order chi connectivity index (χ0) is 14.2. The number of rotatable bonds is 4. The minimum absolute atomic E-state index is 0.498. The van der Waals surface area contributed by atoms with Gasteiger partial charge in [0.15, 0.2) is 0 Å². The third-order valence-electron chi connectivity index (χ3n) is 3.81. The van der Waals surface area contributed by atoms with Crippen LogP contribution in [0.1, 0.15) is 36.6 Å². The number of methoxy groups -OCH3 is 1.